The molecule has 0 aliphatic carbocycles. The fourth-order valence-electron chi connectivity index (χ4n) is 3.53. The van der Waals surface area contributed by atoms with Crippen molar-refractivity contribution in [2.75, 3.05) is 20.2 Å². The van der Waals surface area contributed by atoms with Gasteiger partial charge in [-0.05, 0) is 43.9 Å². The highest BCUT2D eigenvalue weighted by Crippen LogP contribution is 2.21. The third kappa shape index (κ3) is 5.12. The van der Waals surface area contributed by atoms with Crippen molar-refractivity contribution in [3.8, 4) is 5.75 Å². The number of hydrogen-bond acceptors (Lipinski definition) is 3. The number of rotatable bonds is 6. The van der Waals surface area contributed by atoms with Crippen molar-refractivity contribution >= 4 is 11.8 Å². The lowest BCUT2D eigenvalue weighted by atomic mass is 10.0. The first-order valence-electron chi connectivity index (χ1n) is 9.84. The number of amides is 2. The van der Waals surface area contributed by atoms with Crippen molar-refractivity contribution < 1.29 is 14.3 Å². The largest absolute Gasteiger partial charge is 0.496 e. The first kappa shape index (κ1) is 19.9. The van der Waals surface area contributed by atoms with Gasteiger partial charge in [0.15, 0.2) is 0 Å². The van der Waals surface area contributed by atoms with E-state index in [1.54, 1.807) is 19.2 Å². The van der Waals surface area contributed by atoms with Crippen LogP contribution in [0.3, 0.4) is 0 Å². The van der Waals surface area contributed by atoms with Crippen molar-refractivity contribution in [3.05, 3.63) is 65.2 Å². The molecule has 0 atom stereocenters. The average molecular weight is 380 g/mol. The average Bonchev–Trinajstić information content (AvgIpc) is 2.73. The maximum atomic E-state index is 12.8. The molecule has 28 heavy (non-hydrogen) atoms. The quantitative estimate of drug-likeness (QED) is 0.836. The standard InChI is InChI=1S/C23H28N2O3/c1-17-7-9-18(10-8-17)11-12-22(26)24-19-13-15-25(16-14-19)23(27)20-5-3-4-6-21(20)28-2/h3-10,19H,11-16H2,1-2H3,(H,24,26). The Labute approximate surface area is 166 Å². The summed E-state index contributed by atoms with van der Waals surface area (Å²) in [7, 11) is 1.57. The Bertz CT molecular complexity index is 809. The molecule has 1 aliphatic heterocycles. The molecule has 0 unspecified atom stereocenters. The van der Waals surface area contributed by atoms with Crippen LogP contribution in [0.5, 0.6) is 5.75 Å². The normalized spacial score (nSPS) is 14.6. The van der Waals surface area contributed by atoms with Gasteiger partial charge in [-0.15, -0.1) is 0 Å². The lowest BCUT2D eigenvalue weighted by Crippen LogP contribution is -2.46. The fourth-order valence-corrected chi connectivity index (χ4v) is 3.53. The molecule has 0 aromatic heterocycles. The second-order valence-electron chi connectivity index (χ2n) is 7.32. The number of ether oxygens (including phenoxy) is 1. The van der Waals surface area contributed by atoms with E-state index in [4.69, 9.17) is 4.74 Å². The number of aryl methyl sites for hydroxylation is 2. The third-order valence-corrected chi connectivity index (χ3v) is 5.25. The SMILES string of the molecule is COc1ccccc1C(=O)N1CCC(NC(=O)CCc2ccc(C)cc2)CC1. The molecular formula is C23H28N2O3. The number of carbonyl (C=O) groups excluding carboxylic acids is 2. The summed E-state index contributed by atoms with van der Waals surface area (Å²) in [5.41, 5.74) is 2.99. The molecule has 3 rings (SSSR count). The molecule has 1 aliphatic rings. The summed E-state index contributed by atoms with van der Waals surface area (Å²) in [5, 5.41) is 3.12. The minimum Gasteiger partial charge on any atom is -0.496 e. The molecule has 0 bridgehead atoms. The van der Waals surface area contributed by atoms with Gasteiger partial charge in [-0.3, -0.25) is 9.59 Å². The Hall–Kier alpha value is -2.82. The number of likely N-dealkylation sites (tertiary alicyclic amines) is 1. The van der Waals surface area contributed by atoms with Gasteiger partial charge in [0.1, 0.15) is 5.75 Å². The van der Waals surface area contributed by atoms with Crippen LogP contribution in [0.4, 0.5) is 0 Å². The predicted octanol–water partition coefficient (Wildman–Crippen LogP) is 3.36. The van der Waals surface area contributed by atoms with Crippen molar-refractivity contribution in [1.82, 2.24) is 10.2 Å². The molecule has 1 heterocycles. The first-order valence-corrected chi connectivity index (χ1v) is 9.84. The highest BCUT2D eigenvalue weighted by atomic mass is 16.5. The molecule has 2 amide bonds. The van der Waals surface area contributed by atoms with E-state index in [2.05, 4.69) is 36.5 Å². The maximum Gasteiger partial charge on any atom is 0.257 e. The number of benzene rings is 2. The summed E-state index contributed by atoms with van der Waals surface area (Å²) in [6.45, 7) is 3.33. The maximum absolute atomic E-state index is 12.8. The monoisotopic (exact) mass is 380 g/mol. The number of nitrogens with zero attached hydrogens (tertiary/aromatic N) is 1. The first-order chi connectivity index (χ1) is 13.6. The smallest absolute Gasteiger partial charge is 0.257 e. The second kappa shape index (κ2) is 9.40. The molecule has 2 aromatic carbocycles. The molecule has 2 aromatic rings. The van der Waals surface area contributed by atoms with E-state index in [1.165, 1.54) is 11.1 Å². The van der Waals surface area contributed by atoms with Crippen LogP contribution in [0, 0.1) is 6.92 Å². The van der Waals surface area contributed by atoms with Crippen LogP contribution >= 0.6 is 0 Å². The van der Waals surface area contributed by atoms with Crippen LogP contribution in [0.25, 0.3) is 0 Å². The van der Waals surface area contributed by atoms with Crippen LogP contribution < -0.4 is 10.1 Å². The lowest BCUT2D eigenvalue weighted by Gasteiger charge is -2.32. The second-order valence-corrected chi connectivity index (χ2v) is 7.32. The summed E-state index contributed by atoms with van der Waals surface area (Å²) in [5.74, 6) is 0.663. The zero-order valence-corrected chi connectivity index (χ0v) is 16.6. The van der Waals surface area contributed by atoms with E-state index < -0.39 is 0 Å². The molecule has 0 spiro atoms. The Morgan fingerprint density at radius 1 is 1.07 bits per heavy atom. The van der Waals surface area contributed by atoms with Crippen molar-refractivity contribution in [2.45, 2.75) is 38.6 Å². The highest BCUT2D eigenvalue weighted by Gasteiger charge is 2.26. The molecule has 0 radical (unpaired) electrons. The van der Waals surface area contributed by atoms with Gasteiger partial charge < -0.3 is 15.0 Å². The van der Waals surface area contributed by atoms with E-state index in [-0.39, 0.29) is 17.9 Å². The van der Waals surface area contributed by atoms with Crippen LogP contribution in [0.1, 0.15) is 40.7 Å². The van der Waals surface area contributed by atoms with Crippen LogP contribution in [0.15, 0.2) is 48.5 Å². The van der Waals surface area contributed by atoms with Crippen LogP contribution in [0.2, 0.25) is 0 Å². The molecule has 148 valence electrons. The molecular weight excluding hydrogens is 352 g/mol. The van der Waals surface area contributed by atoms with Crippen LogP contribution in [-0.4, -0.2) is 43.0 Å². The predicted molar refractivity (Wildman–Crippen MR) is 110 cm³/mol. The van der Waals surface area contributed by atoms with Gasteiger partial charge in [-0.25, -0.2) is 0 Å². The topological polar surface area (TPSA) is 58.6 Å². The van der Waals surface area contributed by atoms with Gasteiger partial charge in [0.25, 0.3) is 5.91 Å². The van der Waals surface area contributed by atoms with Gasteiger partial charge in [0.05, 0.1) is 12.7 Å². The summed E-state index contributed by atoms with van der Waals surface area (Å²) >= 11 is 0. The highest BCUT2D eigenvalue weighted by molar-refractivity contribution is 5.97. The molecule has 1 N–H and O–H groups in total. The van der Waals surface area contributed by atoms with Gasteiger partial charge >= 0.3 is 0 Å². The molecule has 5 heteroatoms. The Morgan fingerprint density at radius 2 is 1.75 bits per heavy atom. The van der Waals surface area contributed by atoms with Crippen LogP contribution in [-0.2, 0) is 11.2 Å². The number of hydrogen-bond donors (Lipinski definition) is 1. The minimum atomic E-state index is -0.0124. The molecule has 5 nitrogen and oxygen atoms in total. The van der Waals surface area contributed by atoms with E-state index in [1.807, 2.05) is 17.0 Å². The van der Waals surface area contributed by atoms with Crippen molar-refractivity contribution in [2.24, 2.45) is 0 Å². The van der Waals surface area contributed by atoms with Gasteiger partial charge in [-0.2, -0.15) is 0 Å². The zero-order chi connectivity index (χ0) is 19.9. The van der Waals surface area contributed by atoms with E-state index in [0.29, 0.717) is 30.8 Å². The number of nitrogens with one attached hydrogen (secondary N) is 1. The van der Waals surface area contributed by atoms with Crippen molar-refractivity contribution in [3.63, 3.8) is 0 Å². The Kier molecular flexibility index (Phi) is 6.69. The zero-order valence-electron chi connectivity index (χ0n) is 16.6. The summed E-state index contributed by atoms with van der Waals surface area (Å²) < 4.78 is 5.30. The third-order valence-electron chi connectivity index (χ3n) is 5.25. The van der Waals surface area contributed by atoms with Crippen molar-refractivity contribution in [1.29, 1.82) is 0 Å². The molecule has 0 saturated carbocycles. The molecule has 1 saturated heterocycles. The number of para-hydroxylation sites is 1. The minimum absolute atomic E-state index is 0.0124. The number of carbonyl (C=O) groups is 2. The summed E-state index contributed by atoms with van der Waals surface area (Å²) in [6, 6.07) is 15.7. The van der Waals surface area contributed by atoms with Gasteiger partial charge in [0.2, 0.25) is 5.91 Å². The summed E-state index contributed by atoms with van der Waals surface area (Å²) in [6.07, 6.45) is 2.79. The Morgan fingerprint density at radius 3 is 2.43 bits per heavy atom. The van der Waals surface area contributed by atoms with Gasteiger partial charge in [-0.1, -0.05) is 42.0 Å². The van der Waals surface area contributed by atoms with E-state index in [9.17, 15) is 9.59 Å². The summed E-state index contributed by atoms with van der Waals surface area (Å²) in [4.78, 5) is 26.9. The van der Waals surface area contributed by atoms with E-state index in [0.717, 1.165) is 19.3 Å². The molecule has 1 fully saturated rings. The van der Waals surface area contributed by atoms with E-state index >= 15 is 0 Å². The Balaban J connectivity index is 1.45. The number of methoxy groups -OCH3 is 1. The number of piperidine rings is 1. The fraction of sp³-hybridized carbons (Fsp3) is 0.391. The van der Waals surface area contributed by atoms with Gasteiger partial charge in [0, 0.05) is 25.6 Å². The lowest BCUT2D eigenvalue weighted by molar-refractivity contribution is -0.122.